The number of benzene rings is 2. The lowest BCUT2D eigenvalue weighted by Crippen LogP contribution is -2.12. The van der Waals surface area contributed by atoms with Crippen molar-refractivity contribution in [2.45, 2.75) is 19.7 Å². The summed E-state index contributed by atoms with van der Waals surface area (Å²) in [5, 5.41) is 3.41. The summed E-state index contributed by atoms with van der Waals surface area (Å²) in [7, 11) is 0. The van der Waals surface area contributed by atoms with E-state index in [4.69, 9.17) is 4.74 Å². The fraction of sp³-hybridized carbons (Fsp3) is 0.150. The van der Waals surface area contributed by atoms with Crippen molar-refractivity contribution >= 4 is 12.4 Å². The number of nitrogens with zero attached hydrogens (tertiary/aromatic N) is 1. The summed E-state index contributed by atoms with van der Waals surface area (Å²) in [4.78, 5) is 4.11. The van der Waals surface area contributed by atoms with Crippen LogP contribution in [0, 0.1) is 0 Å². The van der Waals surface area contributed by atoms with E-state index >= 15 is 0 Å². The summed E-state index contributed by atoms with van der Waals surface area (Å²) in [5.74, 6) is 0.893. The molecule has 0 bridgehead atoms. The summed E-state index contributed by atoms with van der Waals surface area (Å²) in [6.45, 7) is 2.24. The fourth-order valence-corrected chi connectivity index (χ4v) is 2.30. The van der Waals surface area contributed by atoms with Crippen molar-refractivity contribution in [3.8, 4) is 5.75 Å². The third-order valence-corrected chi connectivity index (χ3v) is 3.55. The first-order valence-corrected chi connectivity index (χ1v) is 7.75. The second-order valence-corrected chi connectivity index (χ2v) is 5.38. The Labute approximate surface area is 149 Å². The van der Waals surface area contributed by atoms with E-state index in [1.165, 1.54) is 16.7 Å². The van der Waals surface area contributed by atoms with Gasteiger partial charge in [0.25, 0.3) is 0 Å². The first-order chi connectivity index (χ1) is 11.4. The van der Waals surface area contributed by atoms with Crippen LogP contribution in [0.5, 0.6) is 5.75 Å². The van der Waals surface area contributed by atoms with E-state index in [-0.39, 0.29) is 12.4 Å². The minimum absolute atomic E-state index is 0. The molecule has 0 spiro atoms. The highest BCUT2D eigenvalue weighted by molar-refractivity contribution is 5.85. The number of rotatable bonds is 7. The molecule has 3 rings (SSSR count). The van der Waals surface area contributed by atoms with E-state index in [9.17, 15) is 0 Å². The number of nitrogens with one attached hydrogen (secondary N) is 1. The van der Waals surface area contributed by atoms with Gasteiger partial charge in [0.1, 0.15) is 12.4 Å². The van der Waals surface area contributed by atoms with E-state index in [1.54, 1.807) is 6.20 Å². The summed E-state index contributed by atoms with van der Waals surface area (Å²) < 4.78 is 5.79. The standard InChI is InChI=1S/C20H20N2O.ClH/c1-2-5-18(6-3-1)16-23-20-10-8-17(9-11-20)13-22-15-19-7-4-12-21-14-19;/h1-12,14,22H,13,15-16H2;1H. The molecule has 0 fully saturated rings. The zero-order valence-electron chi connectivity index (χ0n) is 13.4. The van der Waals surface area contributed by atoms with Crippen LogP contribution in [0.1, 0.15) is 16.7 Å². The molecule has 2 aromatic carbocycles. The Balaban J connectivity index is 0.00000208. The summed E-state index contributed by atoms with van der Waals surface area (Å²) >= 11 is 0. The molecule has 24 heavy (non-hydrogen) atoms. The minimum Gasteiger partial charge on any atom is -0.489 e. The van der Waals surface area contributed by atoms with Crippen LogP contribution in [0.2, 0.25) is 0 Å². The third kappa shape index (κ3) is 5.69. The number of hydrogen-bond acceptors (Lipinski definition) is 3. The monoisotopic (exact) mass is 340 g/mol. The van der Waals surface area contributed by atoms with Crippen molar-refractivity contribution in [2.24, 2.45) is 0 Å². The SMILES string of the molecule is Cl.c1ccc(COc2ccc(CNCc3cccnc3)cc2)cc1. The van der Waals surface area contributed by atoms with E-state index in [0.717, 1.165) is 18.8 Å². The molecule has 0 aliphatic rings. The Morgan fingerprint density at radius 1 is 0.750 bits per heavy atom. The van der Waals surface area contributed by atoms with Crippen LogP contribution in [-0.2, 0) is 19.7 Å². The lowest BCUT2D eigenvalue weighted by Gasteiger charge is -2.08. The van der Waals surface area contributed by atoms with Gasteiger partial charge in [0.2, 0.25) is 0 Å². The largest absolute Gasteiger partial charge is 0.489 e. The van der Waals surface area contributed by atoms with Crippen LogP contribution >= 0.6 is 12.4 Å². The van der Waals surface area contributed by atoms with Gasteiger partial charge < -0.3 is 10.1 Å². The number of aromatic nitrogens is 1. The zero-order valence-corrected chi connectivity index (χ0v) is 14.2. The van der Waals surface area contributed by atoms with Gasteiger partial charge in [-0.2, -0.15) is 0 Å². The smallest absolute Gasteiger partial charge is 0.119 e. The van der Waals surface area contributed by atoms with Gasteiger partial charge in [-0.15, -0.1) is 12.4 Å². The Bertz CT molecular complexity index is 703. The molecule has 3 aromatic rings. The van der Waals surface area contributed by atoms with Crippen molar-refractivity contribution in [3.05, 3.63) is 95.8 Å². The molecule has 0 saturated carbocycles. The molecule has 0 amide bonds. The first-order valence-electron chi connectivity index (χ1n) is 7.75. The molecule has 0 aliphatic heterocycles. The average Bonchev–Trinajstić information content (AvgIpc) is 2.63. The van der Waals surface area contributed by atoms with Crippen molar-refractivity contribution in [1.29, 1.82) is 0 Å². The van der Waals surface area contributed by atoms with Gasteiger partial charge >= 0.3 is 0 Å². The third-order valence-electron chi connectivity index (χ3n) is 3.55. The second kappa shape index (κ2) is 9.71. The predicted octanol–water partition coefficient (Wildman–Crippen LogP) is 4.37. The van der Waals surface area contributed by atoms with Crippen molar-refractivity contribution < 1.29 is 4.74 Å². The molecule has 0 radical (unpaired) electrons. The van der Waals surface area contributed by atoms with Crippen LogP contribution in [0.25, 0.3) is 0 Å². The number of halogens is 1. The molecule has 4 heteroatoms. The highest BCUT2D eigenvalue weighted by Gasteiger charge is 1.98. The molecule has 0 aliphatic carbocycles. The maximum atomic E-state index is 5.79. The molecular weight excluding hydrogens is 320 g/mol. The van der Waals surface area contributed by atoms with E-state index < -0.39 is 0 Å². The molecule has 0 unspecified atom stereocenters. The lowest BCUT2D eigenvalue weighted by atomic mass is 10.2. The van der Waals surface area contributed by atoms with E-state index in [2.05, 4.69) is 40.6 Å². The van der Waals surface area contributed by atoms with Gasteiger partial charge in [0.05, 0.1) is 0 Å². The lowest BCUT2D eigenvalue weighted by molar-refractivity contribution is 0.306. The van der Waals surface area contributed by atoms with Gasteiger partial charge in [-0.1, -0.05) is 48.5 Å². The summed E-state index contributed by atoms with van der Waals surface area (Å²) in [6, 6.07) is 22.4. The molecule has 0 saturated heterocycles. The van der Waals surface area contributed by atoms with Gasteiger partial charge in [-0.25, -0.2) is 0 Å². The van der Waals surface area contributed by atoms with Crippen molar-refractivity contribution in [2.75, 3.05) is 0 Å². The molecule has 3 nitrogen and oxygen atoms in total. The van der Waals surface area contributed by atoms with Gasteiger partial charge in [0.15, 0.2) is 0 Å². The summed E-state index contributed by atoms with van der Waals surface area (Å²) in [6.07, 6.45) is 3.67. The van der Waals surface area contributed by atoms with Crippen LogP contribution < -0.4 is 10.1 Å². The van der Waals surface area contributed by atoms with Gasteiger partial charge in [-0.3, -0.25) is 4.98 Å². The number of pyridine rings is 1. The Hall–Kier alpha value is -2.36. The minimum atomic E-state index is 0. The van der Waals surface area contributed by atoms with Crippen molar-refractivity contribution in [3.63, 3.8) is 0 Å². The highest BCUT2D eigenvalue weighted by atomic mass is 35.5. The topological polar surface area (TPSA) is 34.1 Å². The van der Waals surface area contributed by atoms with Gasteiger partial charge in [0, 0.05) is 25.5 Å². The number of hydrogen-bond donors (Lipinski definition) is 1. The Morgan fingerprint density at radius 3 is 2.17 bits per heavy atom. The van der Waals surface area contributed by atoms with Gasteiger partial charge in [-0.05, 0) is 34.9 Å². The average molecular weight is 341 g/mol. The van der Waals surface area contributed by atoms with Crippen LogP contribution in [0.3, 0.4) is 0 Å². The number of ether oxygens (including phenoxy) is 1. The highest BCUT2D eigenvalue weighted by Crippen LogP contribution is 2.14. The zero-order chi connectivity index (χ0) is 15.7. The predicted molar refractivity (Wildman–Crippen MR) is 99.2 cm³/mol. The molecular formula is C20H21ClN2O. The molecule has 124 valence electrons. The van der Waals surface area contributed by atoms with Crippen molar-refractivity contribution in [1.82, 2.24) is 10.3 Å². The fourth-order valence-electron chi connectivity index (χ4n) is 2.30. The quantitative estimate of drug-likeness (QED) is 0.693. The molecule has 0 atom stereocenters. The Morgan fingerprint density at radius 2 is 1.46 bits per heavy atom. The van der Waals surface area contributed by atoms with Crippen LogP contribution in [0.15, 0.2) is 79.1 Å². The second-order valence-electron chi connectivity index (χ2n) is 5.38. The van der Waals surface area contributed by atoms with E-state index in [0.29, 0.717) is 6.61 Å². The van der Waals surface area contributed by atoms with Crippen LogP contribution in [0.4, 0.5) is 0 Å². The van der Waals surface area contributed by atoms with Crippen LogP contribution in [-0.4, -0.2) is 4.98 Å². The Kier molecular flexibility index (Phi) is 7.27. The normalized spacial score (nSPS) is 10.0. The molecule has 1 N–H and O–H groups in total. The maximum Gasteiger partial charge on any atom is 0.119 e. The molecule has 1 aromatic heterocycles. The first kappa shape index (κ1) is 18.0. The molecule has 1 heterocycles. The van der Waals surface area contributed by atoms with E-state index in [1.807, 2.05) is 42.6 Å². The summed E-state index contributed by atoms with van der Waals surface area (Å²) in [5.41, 5.74) is 3.60. The maximum absolute atomic E-state index is 5.79.